The molecule has 0 aromatic heterocycles. The number of likely N-dealkylation sites (N-methyl/N-ethyl adjacent to an activating group) is 1. The maximum Gasteiger partial charge on any atom is 0.133 e. The molecule has 1 fully saturated rings. The summed E-state index contributed by atoms with van der Waals surface area (Å²) < 4.78 is 12.2. The molecule has 0 bridgehead atoms. The molecule has 1 heterocycles. The molecule has 1 aromatic carbocycles. The third kappa shape index (κ3) is 3.30. The van der Waals surface area contributed by atoms with E-state index in [4.69, 9.17) is 9.47 Å². The van der Waals surface area contributed by atoms with Gasteiger partial charge in [0.1, 0.15) is 5.75 Å². The molecule has 0 aliphatic carbocycles. The highest BCUT2D eigenvalue weighted by Crippen LogP contribution is 2.32. The van der Waals surface area contributed by atoms with Crippen molar-refractivity contribution in [3.63, 3.8) is 0 Å². The molecule has 106 valence electrons. The molecule has 19 heavy (non-hydrogen) atoms. The molecule has 3 nitrogen and oxygen atoms in total. The van der Waals surface area contributed by atoms with Crippen molar-refractivity contribution in [2.24, 2.45) is 0 Å². The van der Waals surface area contributed by atoms with Crippen molar-refractivity contribution in [1.29, 1.82) is 0 Å². The molecule has 2 atom stereocenters. The molecule has 0 radical (unpaired) electrons. The molecule has 0 spiro atoms. The van der Waals surface area contributed by atoms with Crippen molar-refractivity contribution >= 4 is 15.9 Å². The Kier molecular flexibility index (Phi) is 4.87. The van der Waals surface area contributed by atoms with Gasteiger partial charge in [0.25, 0.3) is 0 Å². The summed E-state index contributed by atoms with van der Waals surface area (Å²) in [6, 6.07) is 6.58. The van der Waals surface area contributed by atoms with Crippen molar-refractivity contribution in [2.75, 3.05) is 20.8 Å². The first-order chi connectivity index (χ1) is 9.09. The highest BCUT2D eigenvalue weighted by molar-refractivity contribution is 9.10. The molecule has 4 heteroatoms. The monoisotopic (exact) mass is 327 g/mol. The molecular formula is C15H22BrNO2. The number of nitrogens with one attached hydrogen (secondary N) is 1. The lowest BCUT2D eigenvalue weighted by Gasteiger charge is -2.33. The van der Waals surface area contributed by atoms with E-state index < -0.39 is 0 Å². The van der Waals surface area contributed by atoms with Gasteiger partial charge in [-0.3, -0.25) is 0 Å². The Labute approximate surface area is 123 Å². The van der Waals surface area contributed by atoms with Gasteiger partial charge in [-0.2, -0.15) is 0 Å². The third-order valence-corrected chi connectivity index (χ3v) is 4.61. The van der Waals surface area contributed by atoms with Gasteiger partial charge in [-0.25, -0.2) is 0 Å². The second kappa shape index (κ2) is 6.25. The Morgan fingerprint density at radius 1 is 1.53 bits per heavy atom. The third-order valence-electron chi connectivity index (χ3n) is 3.99. The van der Waals surface area contributed by atoms with E-state index in [1.54, 1.807) is 7.11 Å². The van der Waals surface area contributed by atoms with Gasteiger partial charge in [-0.05, 0) is 66.9 Å². The maximum atomic E-state index is 5.94. The highest BCUT2D eigenvalue weighted by Gasteiger charge is 2.37. The molecule has 1 aliphatic heterocycles. The number of hydrogen-bond donors (Lipinski definition) is 1. The van der Waals surface area contributed by atoms with Crippen LogP contribution in [0.2, 0.25) is 0 Å². The van der Waals surface area contributed by atoms with E-state index in [0.717, 1.165) is 36.1 Å². The van der Waals surface area contributed by atoms with Gasteiger partial charge in [0.15, 0.2) is 0 Å². The summed E-state index contributed by atoms with van der Waals surface area (Å²) in [6.07, 6.45) is 3.23. The summed E-state index contributed by atoms with van der Waals surface area (Å²) >= 11 is 3.54. The summed E-state index contributed by atoms with van der Waals surface area (Å²) in [5.41, 5.74) is 1.23. The Morgan fingerprint density at radius 3 is 2.84 bits per heavy atom. The maximum absolute atomic E-state index is 5.94. The molecule has 2 unspecified atom stereocenters. The van der Waals surface area contributed by atoms with Crippen LogP contribution in [0.3, 0.4) is 0 Å². The van der Waals surface area contributed by atoms with Crippen molar-refractivity contribution in [2.45, 2.75) is 37.8 Å². The second-order valence-corrected chi connectivity index (χ2v) is 6.13. The van der Waals surface area contributed by atoms with Gasteiger partial charge in [-0.15, -0.1) is 0 Å². The van der Waals surface area contributed by atoms with E-state index in [2.05, 4.69) is 40.3 Å². The number of methoxy groups -OCH3 is 1. The average Bonchev–Trinajstić information content (AvgIpc) is 2.84. The van der Waals surface area contributed by atoms with Gasteiger partial charge >= 0.3 is 0 Å². The van der Waals surface area contributed by atoms with Crippen molar-refractivity contribution in [3.05, 3.63) is 28.2 Å². The lowest BCUT2D eigenvalue weighted by molar-refractivity contribution is -0.00944. The van der Waals surface area contributed by atoms with Gasteiger partial charge in [-0.1, -0.05) is 6.07 Å². The minimum absolute atomic E-state index is 0.0544. The van der Waals surface area contributed by atoms with Crippen LogP contribution in [-0.4, -0.2) is 32.4 Å². The topological polar surface area (TPSA) is 30.5 Å². The molecule has 0 saturated carbocycles. The van der Waals surface area contributed by atoms with Crippen LogP contribution in [0.5, 0.6) is 5.75 Å². The molecular weight excluding hydrogens is 306 g/mol. The molecule has 0 amide bonds. The van der Waals surface area contributed by atoms with E-state index in [0.29, 0.717) is 6.04 Å². The van der Waals surface area contributed by atoms with E-state index >= 15 is 0 Å². The predicted molar refractivity (Wildman–Crippen MR) is 80.8 cm³/mol. The normalized spacial score (nSPS) is 24.4. The van der Waals surface area contributed by atoms with Crippen molar-refractivity contribution in [1.82, 2.24) is 5.32 Å². The average molecular weight is 328 g/mol. The molecule has 1 aliphatic rings. The Hall–Kier alpha value is -0.580. The zero-order valence-corrected chi connectivity index (χ0v) is 13.4. The molecule has 1 N–H and O–H groups in total. The first-order valence-corrected chi connectivity index (χ1v) is 7.52. The van der Waals surface area contributed by atoms with Crippen LogP contribution < -0.4 is 10.1 Å². The van der Waals surface area contributed by atoms with Crippen LogP contribution in [0.1, 0.15) is 25.3 Å². The number of rotatable bonds is 5. The fraction of sp³-hybridized carbons (Fsp3) is 0.600. The summed E-state index contributed by atoms with van der Waals surface area (Å²) in [6.45, 7) is 3.08. The highest BCUT2D eigenvalue weighted by atomic mass is 79.9. The van der Waals surface area contributed by atoms with Crippen molar-refractivity contribution < 1.29 is 9.47 Å². The summed E-state index contributed by atoms with van der Waals surface area (Å²) in [5.74, 6) is 0.869. The van der Waals surface area contributed by atoms with E-state index in [1.165, 1.54) is 5.56 Å². The number of benzene rings is 1. The fourth-order valence-electron chi connectivity index (χ4n) is 2.77. The lowest BCUT2D eigenvalue weighted by Crippen LogP contribution is -2.48. The van der Waals surface area contributed by atoms with Crippen LogP contribution in [0, 0.1) is 0 Å². The largest absolute Gasteiger partial charge is 0.496 e. The molecule has 1 saturated heterocycles. The minimum Gasteiger partial charge on any atom is -0.496 e. The van der Waals surface area contributed by atoms with Gasteiger partial charge in [0.2, 0.25) is 0 Å². The number of ether oxygens (including phenoxy) is 2. The summed E-state index contributed by atoms with van der Waals surface area (Å²) in [5, 5.41) is 3.41. The fourth-order valence-corrected chi connectivity index (χ4v) is 3.36. The van der Waals surface area contributed by atoms with Crippen LogP contribution >= 0.6 is 15.9 Å². The van der Waals surface area contributed by atoms with Crippen LogP contribution in [0.25, 0.3) is 0 Å². The van der Waals surface area contributed by atoms with Gasteiger partial charge in [0.05, 0.1) is 17.2 Å². The quantitative estimate of drug-likeness (QED) is 0.901. The Bertz CT molecular complexity index is 430. The Morgan fingerprint density at radius 2 is 2.32 bits per heavy atom. The number of halogens is 1. The van der Waals surface area contributed by atoms with Crippen LogP contribution in [0.4, 0.5) is 0 Å². The SMILES string of the molecule is CNC(Cc1ccc(OC)c(Br)c1)C1(C)CCCO1. The molecule has 1 aromatic rings. The second-order valence-electron chi connectivity index (χ2n) is 5.28. The number of hydrogen-bond acceptors (Lipinski definition) is 3. The van der Waals surface area contributed by atoms with Crippen molar-refractivity contribution in [3.8, 4) is 5.75 Å². The molecule has 2 rings (SSSR count). The summed E-state index contributed by atoms with van der Waals surface area (Å²) in [7, 11) is 3.69. The first kappa shape index (κ1) is 14.8. The van der Waals surface area contributed by atoms with Gasteiger partial charge < -0.3 is 14.8 Å². The van der Waals surface area contributed by atoms with E-state index in [9.17, 15) is 0 Å². The van der Waals surface area contributed by atoms with E-state index in [-0.39, 0.29) is 5.60 Å². The van der Waals surface area contributed by atoms with Crippen LogP contribution in [0.15, 0.2) is 22.7 Å². The summed E-state index contributed by atoms with van der Waals surface area (Å²) in [4.78, 5) is 0. The van der Waals surface area contributed by atoms with E-state index in [1.807, 2.05) is 13.1 Å². The minimum atomic E-state index is -0.0544. The smallest absolute Gasteiger partial charge is 0.133 e. The predicted octanol–water partition coefficient (Wildman–Crippen LogP) is 3.16. The van der Waals surface area contributed by atoms with Gasteiger partial charge in [0, 0.05) is 12.6 Å². The zero-order valence-electron chi connectivity index (χ0n) is 11.8. The van der Waals surface area contributed by atoms with Crippen LogP contribution in [-0.2, 0) is 11.2 Å². The first-order valence-electron chi connectivity index (χ1n) is 6.72. The lowest BCUT2D eigenvalue weighted by atomic mass is 9.88. The zero-order chi connectivity index (χ0) is 13.9. The standard InChI is InChI=1S/C15H22BrNO2/c1-15(7-4-8-19-15)14(17-2)10-11-5-6-13(18-3)12(16)9-11/h5-6,9,14,17H,4,7-8,10H2,1-3H3. The Balaban J connectivity index is 2.12.